The Hall–Kier alpha value is -2.03. The second kappa shape index (κ2) is 7.90. The summed E-state index contributed by atoms with van der Waals surface area (Å²) in [5.41, 5.74) is 1.83. The summed E-state index contributed by atoms with van der Waals surface area (Å²) < 4.78 is 38.8. The third-order valence-corrected chi connectivity index (χ3v) is 4.82. The summed E-state index contributed by atoms with van der Waals surface area (Å²) >= 11 is 0.900. The van der Waals surface area contributed by atoms with E-state index in [1.165, 1.54) is 12.6 Å². The van der Waals surface area contributed by atoms with Crippen LogP contribution in [-0.4, -0.2) is 26.4 Å². The van der Waals surface area contributed by atoms with Crippen molar-refractivity contribution in [3.8, 4) is 0 Å². The normalized spacial score (nSPS) is 12.9. The fourth-order valence-electron chi connectivity index (χ4n) is 2.15. The molecule has 9 heteroatoms. The van der Waals surface area contributed by atoms with Crippen molar-refractivity contribution in [2.24, 2.45) is 7.05 Å². The number of hydrogen-bond donors (Lipinski definition) is 1. The van der Waals surface area contributed by atoms with E-state index in [9.17, 15) is 18.0 Å². The first-order chi connectivity index (χ1) is 11.7. The number of benzene rings is 1. The van der Waals surface area contributed by atoms with Crippen molar-refractivity contribution in [3.05, 3.63) is 35.7 Å². The van der Waals surface area contributed by atoms with Gasteiger partial charge in [-0.2, -0.15) is 13.2 Å². The number of alkyl halides is 3. The van der Waals surface area contributed by atoms with Gasteiger partial charge in [-0.05, 0) is 30.0 Å². The molecular formula is C16H19F3N4OS. The number of rotatable bonds is 6. The first kappa shape index (κ1) is 19.3. The maximum absolute atomic E-state index is 12.7. The average molecular weight is 372 g/mol. The number of carbonyl (C=O) groups excluding carboxylic acids is 1. The molecule has 2 rings (SSSR count). The van der Waals surface area contributed by atoms with Crippen LogP contribution in [0.5, 0.6) is 0 Å². The van der Waals surface area contributed by atoms with Gasteiger partial charge in [0.1, 0.15) is 0 Å². The van der Waals surface area contributed by atoms with E-state index in [1.54, 1.807) is 0 Å². The lowest BCUT2D eigenvalue weighted by Crippen LogP contribution is -2.15. The molecular weight excluding hydrogens is 353 g/mol. The fourth-order valence-corrected chi connectivity index (χ4v) is 2.86. The molecule has 136 valence electrons. The van der Waals surface area contributed by atoms with Gasteiger partial charge < -0.3 is 9.88 Å². The molecule has 1 heterocycles. The number of carbonyl (C=O) groups is 1. The number of thioether (sulfide) groups is 1. The quantitative estimate of drug-likeness (QED) is 0.777. The largest absolute Gasteiger partial charge is 0.451 e. The Morgan fingerprint density at radius 3 is 2.44 bits per heavy atom. The van der Waals surface area contributed by atoms with Crippen LogP contribution in [-0.2, 0) is 18.0 Å². The second-order valence-electron chi connectivity index (χ2n) is 5.63. The summed E-state index contributed by atoms with van der Waals surface area (Å²) in [6, 6.07) is 7.53. The molecule has 0 spiro atoms. The van der Waals surface area contributed by atoms with Gasteiger partial charge in [-0.1, -0.05) is 37.7 Å². The lowest BCUT2D eigenvalue weighted by Gasteiger charge is -2.10. The van der Waals surface area contributed by atoms with E-state index in [2.05, 4.69) is 29.4 Å². The smallest absolute Gasteiger partial charge is 0.325 e. The Morgan fingerprint density at radius 1 is 1.28 bits per heavy atom. The van der Waals surface area contributed by atoms with Crippen LogP contribution in [0, 0.1) is 0 Å². The molecule has 0 saturated heterocycles. The van der Waals surface area contributed by atoms with Crippen molar-refractivity contribution in [3.63, 3.8) is 0 Å². The van der Waals surface area contributed by atoms with E-state index in [1.807, 2.05) is 24.3 Å². The van der Waals surface area contributed by atoms with E-state index in [-0.39, 0.29) is 16.8 Å². The molecule has 2 aromatic rings. The van der Waals surface area contributed by atoms with Crippen LogP contribution >= 0.6 is 11.8 Å². The Kier molecular flexibility index (Phi) is 6.10. The van der Waals surface area contributed by atoms with Gasteiger partial charge in [0.25, 0.3) is 0 Å². The van der Waals surface area contributed by atoms with Crippen molar-refractivity contribution in [2.75, 3.05) is 11.1 Å². The summed E-state index contributed by atoms with van der Waals surface area (Å²) in [7, 11) is 1.22. The van der Waals surface area contributed by atoms with Crippen LogP contribution in [0.15, 0.2) is 29.4 Å². The lowest BCUT2D eigenvalue weighted by atomic mass is 9.99. The molecule has 1 atom stereocenters. The molecule has 5 nitrogen and oxygen atoms in total. The van der Waals surface area contributed by atoms with Gasteiger partial charge in [-0.25, -0.2) is 0 Å². The topological polar surface area (TPSA) is 59.8 Å². The Morgan fingerprint density at radius 2 is 1.92 bits per heavy atom. The van der Waals surface area contributed by atoms with Crippen LogP contribution in [0.3, 0.4) is 0 Å². The van der Waals surface area contributed by atoms with Crippen LogP contribution < -0.4 is 5.32 Å². The number of nitrogens with one attached hydrogen (secondary N) is 1. The molecule has 0 unspecified atom stereocenters. The maximum atomic E-state index is 12.7. The molecule has 1 aromatic carbocycles. The van der Waals surface area contributed by atoms with Crippen LogP contribution in [0.2, 0.25) is 0 Å². The lowest BCUT2D eigenvalue weighted by molar-refractivity contribution is -0.147. The number of anilines is 1. The fraction of sp³-hybridized carbons (Fsp3) is 0.438. The van der Waals surface area contributed by atoms with Gasteiger partial charge in [-0.15, -0.1) is 10.2 Å². The van der Waals surface area contributed by atoms with Crippen molar-refractivity contribution in [1.82, 2.24) is 14.8 Å². The molecule has 0 radical (unpaired) electrons. The minimum absolute atomic E-state index is 0.0367. The van der Waals surface area contributed by atoms with E-state index in [0.717, 1.165) is 22.7 Å². The second-order valence-corrected chi connectivity index (χ2v) is 6.57. The molecule has 0 aliphatic carbocycles. The molecule has 1 N–H and O–H groups in total. The summed E-state index contributed by atoms with van der Waals surface area (Å²) in [4.78, 5) is 12.0. The standard InChI is InChI=1S/C16H19F3N4OS/c1-4-10(2)11-5-7-12(8-6-11)20-13(24)9-25-15-22-21-14(23(15)3)16(17,18)19/h5-8,10H,4,9H2,1-3H3,(H,20,24)/t10-/m0/s1. The first-order valence-electron chi connectivity index (χ1n) is 7.71. The van der Waals surface area contributed by atoms with Crippen molar-refractivity contribution >= 4 is 23.4 Å². The molecule has 0 aliphatic heterocycles. The van der Waals surface area contributed by atoms with Crippen LogP contribution in [0.1, 0.15) is 37.6 Å². The van der Waals surface area contributed by atoms with Gasteiger partial charge in [0.15, 0.2) is 5.16 Å². The van der Waals surface area contributed by atoms with E-state index < -0.39 is 12.0 Å². The highest BCUT2D eigenvalue weighted by molar-refractivity contribution is 7.99. The maximum Gasteiger partial charge on any atom is 0.451 e. The zero-order valence-corrected chi connectivity index (χ0v) is 14.9. The number of aromatic nitrogens is 3. The highest BCUT2D eigenvalue weighted by Gasteiger charge is 2.37. The minimum Gasteiger partial charge on any atom is -0.325 e. The number of nitrogens with zero attached hydrogens (tertiary/aromatic N) is 3. The number of hydrogen-bond acceptors (Lipinski definition) is 4. The predicted molar refractivity (Wildman–Crippen MR) is 90.5 cm³/mol. The monoisotopic (exact) mass is 372 g/mol. The van der Waals surface area contributed by atoms with Crippen molar-refractivity contribution in [2.45, 2.75) is 37.5 Å². The van der Waals surface area contributed by atoms with Gasteiger partial charge in [0, 0.05) is 12.7 Å². The molecule has 0 bridgehead atoms. The third-order valence-electron chi connectivity index (χ3n) is 3.80. The van der Waals surface area contributed by atoms with E-state index >= 15 is 0 Å². The molecule has 25 heavy (non-hydrogen) atoms. The zero-order chi connectivity index (χ0) is 18.6. The molecule has 1 amide bonds. The predicted octanol–water partition coefficient (Wildman–Crippen LogP) is 4.08. The molecule has 0 aliphatic rings. The third kappa shape index (κ3) is 4.97. The number of amides is 1. The highest BCUT2D eigenvalue weighted by Crippen LogP contribution is 2.29. The van der Waals surface area contributed by atoms with Gasteiger partial charge >= 0.3 is 6.18 Å². The Bertz CT molecular complexity index is 728. The summed E-state index contributed by atoms with van der Waals surface area (Å²) in [6.07, 6.45) is -3.54. The minimum atomic E-state index is -4.57. The number of halogens is 3. The van der Waals surface area contributed by atoms with Crippen molar-refractivity contribution in [1.29, 1.82) is 0 Å². The van der Waals surface area contributed by atoms with Gasteiger partial charge in [0.2, 0.25) is 11.7 Å². The van der Waals surface area contributed by atoms with E-state index in [0.29, 0.717) is 11.6 Å². The van der Waals surface area contributed by atoms with E-state index in [4.69, 9.17) is 0 Å². The highest BCUT2D eigenvalue weighted by atomic mass is 32.2. The Labute approximate surface area is 148 Å². The summed E-state index contributed by atoms with van der Waals surface area (Å²) in [5.74, 6) is -1.02. The van der Waals surface area contributed by atoms with Gasteiger partial charge in [-0.3, -0.25) is 4.79 Å². The molecule has 0 saturated carbocycles. The molecule has 1 aromatic heterocycles. The van der Waals surface area contributed by atoms with Crippen molar-refractivity contribution < 1.29 is 18.0 Å². The SMILES string of the molecule is CC[C@H](C)c1ccc(NC(=O)CSc2nnc(C(F)(F)F)n2C)cc1. The Balaban J connectivity index is 1.92. The average Bonchev–Trinajstić information content (AvgIpc) is 2.94. The van der Waals surface area contributed by atoms with Gasteiger partial charge in [0.05, 0.1) is 5.75 Å². The molecule has 0 fully saturated rings. The zero-order valence-electron chi connectivity index (χ0n) is 14.1. The summed E-state index contributed by atoms with van der Waals surface area (Å²) in [5, 5.41) is 9.35. The summed E-state index contributed by atoms with van der Waals surface area (Å²) in [6.45, 7) is 4.23. The first-order valence-corrected chi connectivity index (χ1v) is 8.70. The van der Waals surface area contributed by atoms with Crippen LogP contribution in [0.25, 0.3) is 0 Å². The van der Waals surface area contributed by atoms with Crippen LogP contribution in [0.4, 0.5) is 18.9 Å².